The first-order chi connectivity index (χ1) is 6.22. The van der Waals surface area contributed by atoms with Gasteiger partial charge in [-0.2, -0.15) is 0 Å². The molecular weight excluding hydrogens is 166 g/mol. The van der Waals surface area contributed by atoms with Gasteiger partial charge in [-0.1, -0.05) is 6.58 Å². The lowest BCUT2D eigenvalue weighted by molar-refractivity contribution is -0.116. The molecule has 0 radical (unpaired) electrons. The van der Waals surface area contributed by atoms with Crippen molar-refractivity contribution in [1.29, 1.82) is 0 Å². The SMILES string of the molecule is C=CC(=O)NCc1ccnc(C)n1. The van der Waals surface area contributed by atoms with Crippen molar-refractivity contribution in [3.63, 3.8) is 0 Å². The number of hydrogen-bond donors (Lipinski definition) is 1. The maximum absolute atomic E-state index is 10.8. The largest absolute Gasteiger partial charge is 0.347 e. The van der Waals surface area contributed by atoms with E-state index in [1.807, 2.05) is 0 Å². The van der Waals surface area contributed by atoms with E-state index in [-0.39, 0.29) is 5.91 Å². The first kappa shape index (κ1) is 9.38. The van der Waals surface area contributed by atoms with Gasteiger partial charge in [0.25, 0.3) is 0 Å². The van der Waals surface area contributed by atoms with Crippen LogP contribution in [0.25, 0.3) is 0 Å². The third-order valence-corrected chi connectivity index (χ3v) is 1.46. The van der Waals surface area contributed by atoms with Crippen LogP contribution in [0.1, 0.15) is 11.5 Å². The van der Waals surface area contributed by atoms with Crippen molar-refractivity contribution in [3.8, 4) is 0 Å². The van der Waals surface area contributed by atoms with Gasteiger partial charge in [0.15, 0.2) is 0 Å². The van der Waals surface area contributed by atoms with Crippen LogP contribution in [0.3, 0.4) is 0 Å². The Kier molecular flexibility index (Phi) is 3.14. The molecule has 0 bridgehead atoms. The summed E-state index contributed by atoms with van der Waals surface area (Å²) in [6, 6.07) is 1.76. The number of aryl methyl sites for hydroxylation is 1. The lowest BCUT2D eigenvalue weighted by atomic mass is 10.4. The zero-order valence-corrected chi connectivity index (χ0v) is 7.45. The predicted octanol–water partition coefficient (Wildman–Crippen LogP) is 0.587. The number of nitrogens with zero attached hydrogens (tertiary/aromatic N) is 2. The monoisotopic (exact) mass is 177 g/mol. The van der Waals surface area contributed by atoms with Gasteiger partial charge in [0.2, 0.25) is 5.91 Å². The molecule has 68 valence electrons. The molecule has 1 heterocycles. The van der Waals surface area contributed by atoms with E-state index in [4.69, 9.17) is 0 Å². The van der Waals surface area contributed by atoms with Crippen molar-refractivity contribution in [3.05, 3.63) is 36.4 Å². The summed E-state index contributed by atoms with van der Waals surface area (Å²) in [5.74, 6) is 0.501. The molecule has 0 spiro atoms. The molecule has 1 amide bonds. The van der Waals surface area contributed by atoms with Gasteiger partial charge in [-0.15, -0.1) is 0 Å². The minimum absolute atomic E-state index is 0.198. The van der Waals surface area contributed by atoms with Crippen LogP contribution in [0.2, 0.25) is 0 Å². The van der Waals surface area contributed by atoms with Gasteiger partial charge in [0, 0.05) is 6.20 Å². The van der Waals surface area contributed by atoms with Gasteiger partial charge >= 0.3 is 0 Å². The van der Waals surface area contributed by atoms with Gasteiger partial charge < -0.3 is 5.32 Å². The second-order valence-corrected chi connectivity index (χ2v) is 2.52. The van der Waals surface area contributed by atoms with Crippen LogP contribution < -0.4 is 5.32 Å². The minimum Gasteiger partial charge on any atom is -0.347 e. The number of carbonyl (C=O) groups is 1. The molecule has 0 unspecified atom stereocenters. The summed E-state index contributed by atoms with van der Waals surface area (Å²) in [7, 11) is 0. The van der Waals surface area contributed by atoms with Crippen LogP contribution >= 0.6 is 0 Å². The summed E-state index contributed by atoms with van der Waals surface area (Å²) in [6.07, 6.45) is 2.89. The molecular formula is C9H11N3O. The highest BCUT2D eigenvalue weighted by atomic mass is 16.1. The topological polar surface area (TPSA) is 54.9 Å². The van der Waals surface area contributed by atoms with E-state index < -0.39 is 0 Å². The molecule has 0 aromatic carbocycles. The molecule has 4 nitrogen and oxygen atoms in total. The van der Waals surface area contributed by atoms with Crippen molar-refractivity contribution in [1.82, 2.24) is 15.3 Å². The first-order valence-electron chi connectivity index (χ1n) is 3.91. The van der Waals surface area contributed by atoms with E-state index in [9.17, 15) is 4.79 Å². The van der Waals surface area contributed by atoms with Crippen molar-refractivity contribution in [2.75, 3.05) is 0 Å². The molecule has 0 aliphatic carbocycles. The highest BCUT2D eigenvalue weighted by Gasteiger charge is 1.97. The minimum atomic E-state index is -0.198. The standard InChI is InChI=1S/C9H11N3O/c1-3-9(13)11-6-8-4-5-10-7(2)12-8/h3-5H,1,6H2,2H3,(H,11,13). The molecule has 0 atom stereocenters. The van der Waals surface area contributed by atoms with Gasteiger partial charge in [0.1, 0.15) is 5.82 Å². The summed E-state index contributed by atoms with van der Waals surface area (Å²) in [5, 5.41) is 2.63. The Hall–Kier alpha value is -1.71. The molecule has 0 aliphatic rings. The Labute approximate surface area is 76.7 Å². The van der Waals surface area contributed by atoms with Gasteiger partial charge in [-0.05, 0) is 19.1 Å². The second-order valence-electron chi connectivity index (χ2n) is 2.52. The quantitative estimate of drug-likeness (QED) is 0.687. The number of rotatable bonds is 3. The summed E-state index contributed by atoms with van der Waals surface area (Å²) in [4.78, 5) is 18.9. The maximum Gasteiger partial charge on any atom is 0.243 e. The molecule has 1 aromatic heterocycles. The molecule has 0 aliphatic heterocycles. The number of carbonyl (C=O) groups excluding carboxylic acids is 1. The highest BCUT2D eigenvalue weighted by Crippen LogP contribution is 1.93. The van der Waals surface area contributed by atoms with Gasteiger partial charge in [-0.3, -0.25) is 4.79 Å². The smallest absolute Gasteiger partial charge is 0.243 e. The van der Waals surface area contributed by atoms with E-state index in [1.54, 1.807) is 19.2 Å². The number of amides is 1. The van der Waals surface area contributed by atoms with Crippen molar-refractivity contribution in [2.45, 2.75) is 13.5 Å². The van der Waals surface area contributed by atoms with E-state index in [0.717, 1.165) is 5.69 Å². The average molecular weight is 177 g/mol. The van der Waals surface area contributed by atoms with Gasteiger partial charge in [-0.25, -0.2) is 9.97 Å². The van der Waals surface area contributed by atoms with E-state index >= 15 is 0 Å². The summed E-state index contributed by atoms with van der Waals surface area (Å²) in [5.41, 5.74) is 0.794. The van der Waals surface area contributed by atoms with Crippen molar-refractivity contribution in [2.24, 2.45) is 0 Å². The van der Waals surface area contributed by atoms with Crippen LogP contribution in [0, 0.1) is 6.92 Å². The van der Waals surface area contributed by atoms with E-state index in [2.05, 4.69) is 21.9 Å². The Balaban J connectivity index is 2.54. The normalized spacial score (nSPS) is 9.31. The zero-order valence-electron chi connectivity index (χ0n) is 7.45. The lowest BCUT2D eigenvalue weighted by Gasteiger charge is -2.01. The lowest BCUT2D eigenvalue weighted by Crippen LogP contribution is -2.20. The second kappa shape index (κ2) is 4.35. The molecule has 13 heavy (non-hydrogen) atoms. The summed E-state index contributed by atoms with van der Waals surface area (Å²) >= 11 is 0. The van der Waals surface area contributed by atoms with Crippen LogP contribution in [-0.4, -0.2) is 15.9 Å². The maximum atomic E-state index is 10.8. The molecule has 0 fully saturated rings. The van der Waals surface area contributed by atoms with Crippen molar-refractivity contribution < 1.29 is 4.79 Å². The number of aromatic nitrogens is 2. The molecule has 1 aromatic rings. The van der Waals surface area contributed by atoms with Crippen LogP contribution in [0.5, 0.6) is 0 Å². The van der Waals surface area contributed by atoms with Crippen LogP contribution in [0.4, 0.5) is 0 Å². The number of nitrogens with one attached hydrogen (secondary N) is 1. The first-order valence-corrected chi connectivity index (χ1v) is 3.91. The summed E-state index contributed by atoms with van der Waals surface area (Å²) < 4.78 is 0. The molecule has 0 saturated heterocycles. The number of hydrogen-bond acceptors (Lipinski definition) is 3. The fourth-order valence-electron chi connectivity index (χ4n) is 0.853. The van der Waals surface area contributed by atoms with E-state index in [1.165, 1.54) is 6.08 Å². The zero-order chi connectivity index (χ0) is 9.68. The predicted molar refractivity (Wildman–Crippen MR) is 48.8 cm³/mol. The highest BCUT2D eigenvalue weighted by molar-refractivity contribution is 5.86. The Morgan fingerprint density at radius 1 is 1.77 bits per heavy atom. The van der Waals surface area contributed by atoms with Gasteiger partial charge in [0.05, 0.1) is 12.2 Å². The Morgan fingerprint density at radius 2 is 2.54 bits per heavy atom. The van der Waals surface area contributed by atoms with E-state index in [0.29, 0.717) is 12.4 Å². The van der Waals surface area contributed by atoms with Crippen LogP contribution in [-0.2, 0) is 11.3 Å². The molecule has 1 N–H and O–H groups in total. The fourth-order valence-corrected chi connectivity index (χ4v) is 0.853. The average Bonchev–Trinajstić information content (AvgIpc) is 2.14. The fraction of sp³-hybridized carbons (Fsp3) is 0.222. The van der Waals surface area contributed by atoms with Crippen molar-refractivity contribution >= 4 is 5.91 Å². The third kappa shape index (κ3) is 3.02. The molecule has 0 saturated carbocycles. The third-order valence-electron chi connectivity index (χ3n) is 1.46. The molecule has 1 rings (SSSR count). The Morgan fingerprint density at radius 3 is 3.15 bits per heavy atom. The molecule has 4 heteroatoms. The van der Waals surface area contributed by atoms with Crippen LogP contribution in [0.15, 0.2) is 24.9 Å². The summed E-state index contributed by atoms with van der Waals surface area (Å²) in [6.45, 7) is 5.56. The Bertz CT molecular complexity index is 322.